The van der Waals surface area contributed by atoms with Crippen molar-refractivity contribution in [3.05, 3.63) is 28.7 Å². The van der Waals surface area contributed by atoms with Gasteiger partial charge < -0.3 is 15.5 Å². The number of nitrogens with zero attached hydrogens (tertiary/aromatic N) is 2. The van der Waals surface area contributed by atoms with E-state index in [1.807, 2.05) is 12.1 Å². The van der Waals surface area contributed by atoms with Crippen LogP contribution in [0.3, 0.4) is 0 Å². The second-order valence-corrected chi connectivity index (χ2v) is 6.94. The molecule has 3 rings (SSSR count). The van der Waals surface area contributed by atoms with Crippen LogP contribution in [0, 0.1) is 5.92 Å². The first-order chi connectivity index (χ1) is 11.5. The number of hydrogen-bond acceptors (Lipinski definition) is 4. The molecule has 2 N–H and O–H groups in total. The van der Waals surface area contributed by atoms with Crippen LogP contribution in [0.5, 0.6) is 0 Å². The SMILES string of the molecule is O=C(CN1C(=O)CNC1=O)NCC1CCN(c2cccc(Br)c2)C1. The van der Waals surface area contributed by atoms with Crippen molar-refractivity contribution in [2.45, 2.75) is 6.42 Å². The standard InChI is InChI=1S/C16H19BrN4O3/c17-12-2-1-3-13(6-12)20-5-4-11(9-20)7-18-14(22)10-21-15(23)8-19-16(21)24/h1-3,6,11H,4-5,7-10H2,(H,18,22)(H,19,24). The van der Waals surface area contributed by atoms with Crippen LogP contribution in [0.4, 0.5) is 10.5 Å². The summed E-state index contributed by atoms with van der Waals surface area (Å²) in [6.45, 7) is 2.12. The van der Waals surface area contributed by atoms with Gasteiger partial charge in [-0.1, -0.05) is 22.0 Å². The Labute approximate surface area is 148 Å². The number of benzene rings is 1. The van der Waals surface area contributed by atoms with Crippen LogP contribution in [-0.4, -0.2) is 55.5 Å². The minimum absolute atomic E-state index is 0.0314. The van der Waals surface area contributed by atoms with E-state index in [0.717, 1.165) is 34.6 Å². The summed E-state index contributed by atoms with van der Waals surface area (Å²) in [7, 11) is 0. The van der Waals surface area contributed by atoms with Crippen molar-refractivity contribution in [3.8, 4) is 0 Å². The molecule has 2 saturated heterocycles. The number of urea groups is 1. The molecule has 0 aliphatic carbocycles. The van der Waals surface area contributed by atoms with Crippen molar-refractivity contribution in [1.82, 2.24) is 15.5 Å². The van der Waals surface area contributed by atoms with Crippen LogP contribution in [0.15, 0.2) is 28.7 Å². The number of amides is 4. The Morgan fingerprint density at radius 3 is 2.92 bits per heavy atom. The van der Waals surface area contributed by atoms with E-state index in [9.17, 15) is 14.4 Å². The first-order valence-corrected chi connectivity index (χ1v) is 8.67. The average Bonchev–Trinajstić information content (AvgIpc) is 3.15. The lowest BCUT2D eigenvalue weighted by atomic mass is 10.1. The molecule has 0 saturated carbocycles. The maximum atomic E-state index is 11.9. The van der Waals surface area contributed by atoms with E-state index < -0.39 is 6.03 Å². The molecular formula is C16H19BrN4O3. The fourth-order valence-electron chi connectivity index (χ4n) is 2.98. The second-order valence-electron chi connectivity index (χ2n) is 6.02. The van der Waals surface area contributed by atoms with Crippen LogP contribution < -0.4 is 15.5 Å². The highest BCUT2D eigenvalue weighted by molar-refractivity contribution is 9.10. The number of carbonyl (C=O) groups is 3. The van der Waals surface area contributed by atoms with Gasteiger partial charge in [0, 0.05) is 29.8 Å². The fourth-order valence-corrected chi connectivity index (χ4v) is 3.37. The Hall–Kier alpha value is -2.09. The molecule has 1 aromatic carbocycles. The summed E-state index contributed by atoms with van der Waals surface area (Å²) in [6.07, 6.45) is 0.996. The van der Waals surface area contributed by atoms with E-state index in [0.29, 0.717) is 12.5 Å². The summed E-state index contributed by atoms with van der Waals surface area (Å²) in [4.78, 5) is 38.0. The van der Waals surface area contributed by atoms with E-state index >= 15 is 0 Å². The van der Waals surface area contributed by atoms with Crippen molar-refractivity contribution in [2.75, 3.05) is 37.6 Å². The number of nitrogens with one attached hydrogen (secondary N) is 2. The number of halogens is 1. The number of imide groups is 1. The Morgan fingerprint density at radius 1 is 1.38 bits per heavy atom. The summed E-state index contributed by atoms with van der Waals surface area (Å²) < 4.78 is 1.05. The lowest BCUT2D eigenvalue weighted by Gasteiger charge is -2.19. The molecule has 128 valence electrons. The van der Waals surface area contributed by atoms with Gasteiger partial charge in [0.15, 0.2) is 0 Å². The van der Waals surface area contributed by atoms with Gasteiger partial charge in [-0.05, 0) is 30.5 Å². The Morgan fingerprint density at radius 2 is 2.21 bits per heavy atom. The molecule has 0 spiro atoms. The highest BCUT2D eigenvalue weighted by Crippen LogP contribution is 2.25. The maximum absolute atomic E-state index is 11.9. The van der Waals surface area contributed by atoms with Gasteiger partial charge in [0.1, 0.15) is 6.54 Å². The minimum Gasteiger partial charge on any atom is -0.371 e. The zero-order chi connectivity index (χ0) is 17.1. The molecule has 24 heavy (non-hydrogen) atoms. The average molecular weight is 395 g/mol. The summed E-state index contributed by atoms with van der Waals surface area (Å²) in [5.74, 6) is -0.311. The smallest absolute Gasteiger partial charge is 0.325 e. The van der Waals surface area contributed by atoms with Crippen LogP contribution >= 0.6 is 15.9 Å². The monoisotopic (exact) mass is 394 g/mol. The van der Waals surface area contributed by atoms with Gasteiger partial charge in [-0.25, -0.2) is 4.79 Å². The largest absolute Gasteiger partial charge is 0.371 e. The second kappa shape index (κ2) is 7.21. The first kappa shape index (κ1) is 16.8. The van der Waals surface area contributed by atoms with Crippen molar-refractivity contribution in [3.63, 3.8) is 0 Å². The molecule has 8 heteroatoms. The first-order valence-electron chi connectivity index (χ1n) is 7.88. The molecule has 4 amide bonds. The molecular weight excluding hydrogens is 376 g/mol. The lowest BCUT2D eigenvalue weighted by molar-refractivity contribution is -0.130. The van der Waals surface area contributed by atoms with Gasteiger partial charge in [0.05, 0.1) is 6.54 Å². The quantitative estimate of drug-likeness (QED) is 0.728. The van der Waals surface area contributed by atoms with Crippen LogP contribution in [0.2, 0.25) is 0 Å². The number of anilines is 1. The molecule has 2 aliphatic heterocycles. The molecule has 1 atom stereocenters. The van der Waals surface area contributed by atoms with E-state index in [1.54, 1.807) is 0 Å². The summed E-state index contributed by atoms with van der Waals surface area (Å²) in [5, 5.41) is 5.22. The van der Waals surface area contributed by atoms with Gasteiger partial charge in [0.2, 0.25) is 5.91 Å². The van der Waals surface area contributed by atoms with Gasteiger partial charge in [-0.2, -0.15) is 0 Å². The van der Waals surface area contributed by atoms with Gasteiger partial charge in [0.25, 0.3) is 5.91 Å². The topological polar surface area (TPSA) is 81.8 Å². The predicted molar refractivity (Wildman–Crippen MR) is 92.6 cm³/mol. The third-order valence-corrected chi connectivity index (χ3v) is 4.78. The third-order valence-electron chi connectivity index (χ3n) is 4.29. The summed E-state index contributed by atoms with van der Waals surface area (Å²) >= 11 is 3.48. The van der Waals surface area contributed by atoms with E-state index in [1.165, 1.54) is 0 Å². The van der Waals surface area contributed by atoms with E-state index in [-0.39, 0.29) is 24.9 Å². The molecule has 1 aromatic rings. The van der Waals surface area contributed by atoms with E-state index in [2.05, 4.69) is 43.6 Å². The number of hydrogen-bond donors (Lipinski definition) is 2. The van der Waals surface area contributed by atoms with Crippen molar-refractivity contribution < 1.29 is 14.4 Å². The number of rotatable bonds is 5. The van der Waals surface area contributed by atoms with Crippen molar-refractivity contribution in [2.24, 2.45) is 5.92 Å². The Kier molecular flexibility index (Phi) is 5.03. The zero-order valence-corrected chi connectivity index (χ0v) is 14.7. The van der Waals surface area contributed by atoms with Crippen molar-refractivity contribution >= 4 is 39.5 Å². The van der Waals surface area contributed by atoms with Crippen LogP contribution in [0.1, 0.15) is 6.42 Å². The zero-order valence-electron chi connectivity index (χ0n) is 13.1. The molecule has 2 heterocycles. The van der Waals surface area contributed by atoms with Gasteiger partial charge >= 0.3 is 6.03 Å². The minimum atomic E-state index is -0.503. The highest BCUT2D eigenvalue weighted by atomic mass is 79.9. The highest BCUT2D eigenvalue weighted by Gasteiger charge is 2.30. The Balaban J connectivity index is 1.45. The summed E-state index contributed by atoms with van der Waals surface area (Å²) in [5.41, 5.74) is 1.16. The van der Waals surface area contributed by atoms with E-state index in [4.69, 9.17) is 0 Å². The van der Waals surface area contributed by atoms with Gasteiger partial charge in [-0.3, -0.25) is 14.5 Å². The molecule has 0 bridgehead atoms. The van der Waals surface area contributed by atoms with Crippen molar-refractivity contribution in [1.29, 1.82) is 0 Å². The molecule has 1 unspecified atom stereocenters. The van der Waals surface area contributed by atoms with Gasteiger partial charge in [-0.15, -0.1) is 0 Å². The normalized spacial score (nSPS) is 20.5. The third kappa shape index (κ3) is 3.87. The predicted octanol–water partition coefficient (Wildman–Crippen LogP) is 0.943. The Bertz CT molecular complexity index is 650. The molecule has 2 aliphatic rings. The number of carbonyl (C=O) groups excluding carboxylic acids is 3. The summed E-state index contributed by atoms with van der Waals surface area (Å²) in [6, 6.07) is 7.65. The fraction of sp³-hybridized carbons (Fsp3) is 0.438. The molecule has 0 radical (unpaired) electrons. The maximum Gasteiger partial charge on any atom is 0.325 e. The van der Waals surface area contributed by atoms with Crippen LogP contribution in [0.25, 0.3) is 0 Å². The molecule has 2 fully saturated rings. The van der Waals surface area contributed by atoms with Crippen LogP contribution in [-0.2, 0) is 9.59 Å². The lowest BCUT2D eigenvalue weighted by Crippen LogP contribution is -2.42. The molecule has 0 aromatic heterocycles. The molecule has 7 nitrogen and oxygen atoms in total.